The normalized spacial score (nSPS) is 11.0. The van der Waals surface area contributed by atoms with Crippen LogP contribution in [0, 0.1) is 6.92 Å². The predicted molar refractivity (Wildman–Crippen MR) is 74.2 cm³/mol. The number of H-pyrrole nitrogens is 1. The van der Waals surface area contributed by atoms with Crippen molar-refractivity contribution >= 4 is 11.0 Å². The first-order valence-corrected chi connectivity index (χ1v) is 6.02. The Morgan fingerprint density at radius 1 is 1.17 bits per heavy atom. The number of rotatable bonds is 2. The van der Waals surface area contributed by atoms with Gasteiger partial charge in [-0.2, -0.15) is 0 Å². The number of imidazole rings is 1. The number of aryl methyl sites for hydroxylation is 1. The van der Waals surface area contributed by atoms with E-state index in [1.807, 2.05) is 24.3 Å². The third kappa shape index (κ3) is 1.79. The van der Waals surface area contributed by atoms with Gasteiger partial charge in [-0.25, -0.2) is 4.98 Å². The molecule has 3 rings (SSSR count). The average Bonchev–Trinajstić information content (AvgIpc) is 2.82. The molecule has 3 heteroatoms. The highest BCUT2D eigenvalue weighted by Crippen LogP contribution is 2.23. The number of hydrogen-bond acceptors (Lipinski definition) is 2. The molecule has 0 aliphatic carbocycles. The van der Waals surface area contributed by atoms with Crippen molar-refractivity contribution in [3.8, 4) is 11.4 Å². The van der Waals surface area contributed by atoms with Gasteiger partial charge in [-0.1, -0.05) is 35.9 Å². The van der Waals surface area contributed by atoms with Gasteiger partial charge in [0.1, 0.15) is 5.82 Å². The molecule has 0 radical (unpaired) electrons. The van der Waals surface area contributed by atoms with Crippen LogP contribution in [-0.2, 0) is 6.54 Å². The summed E-state index contributed by atoms with van der Waals surface area (Å²) in [7, 11) is 0. The highest BCUT2D eigenvalue weighted by atomic mass is 14.9. The van der Waals surface area contributed by atoms with Crippen LogP contribution in [0.5, 0.6) is 0 Å². The third-order valence-corrected chi connectivity index (χ3v) is 3.11. The lowest BCUT2D eigenvalue weighted by atomic mass is 10.1. The van der Waals surface area contributed by atoms with Crippen molar-refractivity contribution in [2.75, 3.05) is 0 Å². The molecular formula is C15H15N3. The van der Waals surface area contributed by atoms with Gasteiger partial charge in [-0.15, -0.1) is 0 Å². The van der Waals surface area contributed by atoms with E-state index in [1.54, 1.807) is 0 Å². The van der Waals surface area contributed by atoms with Gasteiger partial charge in [0.25, 0.3) is 0 Å². The van der Waals surface area contributed by atoms with E-state index in [1.165, 1.54) is 5.56 Å². The summed E-state index contributed by atoms with van der Waals surface area (Å²) in [6.45, 7) is 2.59. The Hall–Kier alpha value is -2.13. The van der Waals surface area contributed by atoms with E-state index in [2.05, 4.69) is 35.1 Å². The van der Waals surface area contributed by atoms with Crippen molar-refractivity contribution in [3.63, 3.8) is 0 Å². The Morgan fingerprint density at radius 3 is 2.78 bits per heavy atom. The number of nitrogens with one attached hydrogen (secondary N) is 1. The second-order valence-electron chi connectivity index (χ2n) is 4.47. The topological polar surface area (TPSA) is 54.7 Å². The standard InChI is InChI=1S/C15H15N3/c1-10-4-2-5-11(8-10)15-17-13-7-3-6-12(9-16)14(13)18-15/h2-8H,9,16H2,1H3,(H,17,18). The Balaban J connectivity index is 2.19. The van der Waals surface area contributed by atoms with Gasteiger partial charge in [0, 0.05) is 12.1 Å². The molecule has 0 aliphatic heterocycles. The van der Waals surface area contributed by atoms with Gasteiger partial charge in [0.2, 0.25) is 0 Å². The third-order valence-electron chi connectivity index (χ3n) is 3.11. The molecule has 18 heavy (non-hydrogen) atoms. The van der Waals surface area contributed by atoms with Gasteiger partial charge in [-0.3, -0.25) is 0 Å². The minimum absolute atomic E-state index is 0.509. The Kier molecular flexibility index (Phi) is 2.61. The summed E-state index contributed by atoms with van der Waals surface area (Å²) in [5.41, 5.74) is 11.1. The lowest BCUT2D eigenvalue weighted by Crippen LogP contribution is -1.96. The van der Waals surface area contributed by atoms with E-state index < -0.39 is 0 Å². The number of aromatic amines is 1. The van der Waals surface area contributed by atoms with E-state index in [9.17, 15) is 0 Å². The largest absolute Gasteiger partial charge is 0.338 e. The van der Waals surface area contributed by atoms with Crippen molar-refractivity contribution in [2.45, 2.75) is 13.5 Å². The van der Waals surface area contributed by atoms with Crippen molar-refractivity contribution in [2.24, 2.45) is 5.73 Å². The quantitative estimate of drug-likeness (QED) is 0.720. The molecule has 0 bridgehead atoms. The van der Waals surface area contributed by atoms with E-state index in [4.69, 9.17) is 5.73 Å². The molecule has 2 aromatic carbocycles. The maximum atomic E-state index is 5.73. The summed E-state index contributed by atoms with van der Waals surface area (Å²) in [5, 5.41) is 0. The van der Waals surface area contributed by atoms with Crippen LogP contribution < -0.4 is 5.73 Å². The maximum Gasteiger partial charge on any atom is 0.138 e. The molecule has 0 saturated heterocycles. The molecule has 1 heterocycles. The zero-order valence-electron chi connectivity index (χ0n) is 10.3. The number of para-hydroxylation sites is 1. The van der Waals surface area contributed by atoms with Gasteiger partial charge in [-0.05, 0) is 24.6 Å². The molecule has 0 fully saturated rings. The van der Waals surface area contributed by atoms with E-state index in [0.717, 1.165) is 28.0 Å². The molecule has 3 nitrogen and oxygen atoms in total. The number of nitrogens with two attached hydrogens (primary N) is 1. The van der Waals surface area contributed by atoms with Gasteiger partial charge >= 0.3 is 0 Å². The van der Waals surface area contributed by atoms with Gasteiger partial charge < -0.3 is 10.7 Å². The lowest BCUT2D eigenvalue weighted by Gasteiger charge is -1.97. The van der Waals surface area contributed by atoms with E-state index >= 15 is 0 Å². The van der Waals surface area contributed by atoms with Gasteiger partial charge in [0.05, 0.1) is 11.0 Å². The number of aromatic nitrogens is 2. The Labute approximate surface area is 106 Å². The van der Waals surface area contributed by atoms with Crippen LogP contribution in [0.1, 0.15) is 11.1 Å². The maximum absolute atomic E-state index is 5.73. The highest BCUT2D eigenvalue weighted by Gasteiger charge is 2.07. The first-order valence-electron chi connectivity index (χ1n) is 6.02. The molecule has 90 valence electrons. The summed E-state index contributed by atoms with van der Waals surface area (Å²) in [6.07, 6.45) is 0. The van der Waals surface area contributed by atoms with E-state index in [0.29, 0.717) is 6.54 Å². The molecule has 0 atom stereocenters. The lowest BCUT2D eigenvalue weighted by molar-refractivity contribution is 1.08. The summed E-state index contributed by atoms with van der Waals surface area (Å²) in [6, 6.07) is 14.4. The summed E-state index contributed by atoms with van der Waals surface area (Å²) < 4.78 is 0. The van der Waals surface area contributed by atoms with Crippen LogP contribution >= 0.6 is 0 Å². The fourth-order valence-electron chi connectivity index (χ4n) is 2.19. The smallest absolute Gasteiger partial charge is 0.138 e. The average molecular weight is 237 g/mol. The van der Waals surface area contributed by atoms with E-state index in [-0.39, 0.29) is 0 Å². The van der Waals surface area contributed by atoms with Crippen LogP contribution in [0.4, 0.5) is 0 Å². The minimum Gasteiger partial charge on any atom is -0.338 e. The second kappa shape index (κ2) is 4.27. The van der Waals surface area contributed by atoms with Crippen molar-refractivity contribution in [1.82, 2.24) is 9.97 Å². The molecule has 0 aliphatic rings. The highest BCUT2D eigenvalue weighted by molar-refractivity contribution is 5.82. The van der Waals surface area contributed by atoms with Crippen LogP contribution in [-0.4, -0.2) is 9.97 Å². The van der Waals surface area contributed by atoms with Gasteiger partial charge in [0.15, 0.2) is 0 Å². The van der Waals surface area contributed by atoms with Crippen LogP contribution in [0.3, 0.4) is 0 Å². The zero-order valence-corrected chi connectivity index (χ0v) is 10.3. The SMILES string of the molecule is Cc1cccc(-c2nc3c(CN)cccc3[nH]2)c1. The first-order chi connectivity index (χ1) is 8.78. The predicted octanol–water partition coefficient (Wildman–Crippen LogP) is 3.00. The first kappa shape index (κ1) is 11.0. The van der Waals surface area contributed by atoms with Crippen molar-refractivity contribution < 1.29 is 0 Å². The summed E-state index contributed by atoms with van der Waals surface area (Å²) >= 11 is 0. The zero-order chi connectivity index (χ0) is 12.5. The molecular weight excluding hydrogens is 222 g/mol. The molecule has 0 unspecified atom stereocenters. The molecule has 0 amide bonds. The molecule has 3 aromatic rings. The number of hydrogen-bond donors (Lipinski definition) is 2. The fraction of sp³-hybridized carbons (Fsp3) is 0.133. The monoisotopic (exact) mass is 237 g/mol. The number of nitrogens with zero attached hydrogens (tertiary/aromatic N) is 1. The minimum atomic E-state index is 0.509. The molecule has 3 N–H and O–H groups in total. The Morgan fingerprint density at radius 2 is 2.00 bits per heavy atom. The fourth-order valence-corrected chi connectivity index (χ4v) is 2.19. The summed E-state index contributed by atoms with van der Waals surface area (Å²) in [5.74, 6) is 0.898. The van der Waals surface area contributed by atoms with Crippen molar-refractivity contribution in [3.05, 3.63) is 53.6 Å². The van der Waals surface area contributed by atoms with Crippen LogP contribution in [0.15, 0.2) is 42.5 Å². The number of fused-ring (bicyclic) bond motifs is 1. The second-order valence-corrected chi connectivity index (χ2v) is 4.47. The molecule has 0 spiro atoms. The van der Waals surface area contributed by atoms with Crippen LogP contribution in [0.2, 0.25) is 0 Å². The number of benzene rings is 2. The summed E-state index contributed by atoms with van der Waals surface area (Å²) in [4.78, 5) is 8.01. The molecule has 0 saturated carbocycles. The van der Waals surface area contributed by atoms with Crippen LogP contribution in [0.25, 0.3) is 22.4 Å². The molecule has 1 aromatic heterocycles. The Bertz CT molecular complexity index is 698. The van der Waals surface area contributed by atoms with Crippen molar-refractivity contribution in [1.29, 1.82) is 0 Å².